The highest BCUT2D eigenvalue weighted by Crippen LogP contribution is 2.21. The molecule has 0 aromatic rings. The van der Waals surface area contributed by atoms with Crippen molar-refractivity contribution in [2.45, 2.75) is 24.1 Å². The van der Waals surface area contributed by atoms with Crippen LogP contribution in [0, 0.1) is 0 Å². The third-order valence-corrected chi connectivity index (χ3v) is 5.08. The van der Waals surface area contributed by atoms with Crippen molar-refractivity contribution in [2.75, 3.05) is 45.6 Å². The summed E-state index contributed by atoms with van der Waals surface area (Å²) in [4.78, 5) is 25.8. The van der Waals surface area contributed by atoms with Gasteiger partial charge in [-0.3, -0.25) is 9.59 Å². The van der Waals surface area contributed by atoms with Gasteiger partial charge in [-0.1, -0.05) is 0 Å². The Morgan fingerprint density at radius 1 is 1.40 bits per heavy atom. The maximum atomic E-state index is 12.3. The van der Waals surface area contributed by atoms with E-state index in [4.69, 9.17) is 4.74 Å². The van der Waals surface area contributed by atoms with E-state index in [1.54, 1.807) is 23.7 Å². The summed E-state index contributed by atoms with van der Waals surface area (Å²) >= 11 is 1.72. The summed E-state index contributed by atoms with van der Waals surface area (Å²) < 4.78 is 5.31. The zero-order chi connectivity index (χ0) is 14.4. The third-order valence-electron chi connectivity index (χ3n) is 3.73. The Morgan fingerprint density at radius 3 is 2.85 bits per heavy atom. The van der Waals surface area contributed by atoms with E-state index in [1.807, 2.05) is 0 Å². The Hall–Kier alpha value is -0.790. The Morgan fingerprint density at radius 2 is 2.15 bits per heavy atom. The molecule has 114 valence electrons. The number of nitrogens with zero attached hydrogens (tertiary/aromatic N) is 1. The molecule has 2 rings (SSSR count). The van der Waals surface area contributed by atoms with E-state index in [0.29, 0.717) is 30.8 Å². The fourth-order valence-corrected chi connectivity index (χ4v) is 3.63. The zero-order valence-corrected chi connectivity index (χ0v) is 12.7. The van der Waals surface area contributed by atoms with Crippen molar-refractivity contribution in [2.24, 2.45) is 0 Å². The molecule has 2 aliphatic rings. The molecule has 0 spiro atoms. The lowest BCUT2D eigenvalue weighted by Crippen LogP contribution is -2.55. The second kappa shape index (κ2) is 7.85. The van der Waals surface area contributed by atoms with Crippen LogP contribution in [0.2, 0.25) is 0 Å². The third kappa shape index (κ3) is 4.10. The molecule has 6 nitrogen and oxygen atoms in total. The lowest BCUT2D eigenvalue weighted by molar-refractivity contribution is -0.146. The highest BCUT2D eigenvalue weighted by molar-refractivity contribution is 8.00. The molecule has 0 aliphatic carbocycles. The largest absolute Gasteiger partial charge is 0.377 e. The van der Waals surface area contributed by atoms with Crippen molar-refractivity contribution < 1.29 is 14.3 Å². The SMILES string of the molecule is CNC(=O)C1COCCN1C(=O)CSC1CCNCC1. The quantitative estimate of drug-likeness (QED) is 0.729. The molecular weight excluding hydrogens is 278 g/mol. The number of hydrogen-bond acceptors (Lipinski definition) is 5. The van der Waals surface area contributed by atoms with E-state index >= 15 is 0 Å². The molecule has 0 radical (unpaired) electrons. The first-order chi connectivity index (χ1) is 9.72. The fraction of sp³-hybridized carbons (Fsp3) is 0.846. The number of ether oxygens (including phenoxy) is 1. The van der Waals surface area contributed by atoms with E-state index < -0.39 is 6.04 Å². The Balaban J connectivity index is 1.83. The maximum Gasteiger partial charge on any atom is 0.244 e. The summed E-state index contributed by atoms with van der Waals surface area (Å²) in [5, 5.41) is 6.47. The van der Waals surface area contributed by atoms with E-state index in [9.17, 15) is 9.59 Å². The normalized spacial score (nSPS) is 24.4. The van der Waals surface area contributed by atoms with E-state index in [1.165, 1.54) is 0 Å². The van der Waals surface area contributed by atoms with Gasteiger partial charge in [0.2, 0.25) is 11.8 Å². The minimum absolute atomic E-state index is 0.0467. The van der Waals surface area contributed by atoms with Crippen molar-refractivity contribution in [3.05, 3.63) is 0 Å². The predicted octanol–water partition coefficient (Wildman–Crippen LogP) is -0.555. The molecule has 0 aromatic carbocycles. The summed E-state index contributed by atoms with van der Waals surface area (Å²) in [6.07, 6.45) is 2.22. The molecule has 2 aliphatic heterocycles. The van der Waals surface area contributed by atoms with Crippen LogP contribution in [0.25, 0.3) is 0 Å². The van der Waals surface area contributed by atoms with Gasteiger partial charge in [0, 0.05) is 18.8 Å². The highest BCUT2D eigenvalue weighted by atomic mass is 32.2. The summed E-state index contributed by atoms with van der Waals surface area (Å²) in [5.74, 6) is 0.355. The molecule has 2 saturated heterocycles. The van der Waals surface area contributed by atoms with Gasteiger partial charge in [-0.05, 0) is 25.9 Å². The van der Waals surface area contributed by atoms with Gasteiger partial charge in [0.1, 0.15) is 6.04 Å². The number of carbonyl (C=O) groups excluding carboxylic acids is 2. The second-order valence-corrected chi connectivity index (χ2v) is 6.34. The van der Waals surface area contributed by atoms with Gasteiger partial charge in [-0.2, -0.15) is 0 Å². The topological polar surface area (TPSA) is 70.7 Å². The second-order valence-electron chi connectivity index (χ2n) is 5.05. The summed E-state index contributed by atoms with van der Waals surface area (Å²) in [7, 11) is 1.59. The maximum absolute atomic E-state index is 12.3. The first kappa shape index (κ1) is 15.6. The first-order valence-corrected chi connectivity index (χ1v) is 8.18. The smallest absolute Gasteiger partial charge is 0.244 e. The van der Waals surface area contributed by atoms with Crippen LogP contribution in [-0.2, 0) is 14.3 Å². The number of rotatable bonds is 4. The molecule has 2 fully saturated rings. The van der Waals surface area contributed by atoms with E-state index in [0.717, 1.165) is 25.9 Å². The van der Waals surface area contributed by atoms with Gasteiger partial charge < -0.3 is 20.3 Å². The predicted molar refractivity (Wildman–Crippen MR) is 78.7 cm³/mol. The van der Waals surface area contributed by atoms with E-state index in [2.05, 4.69) is 10.6 Å². The van der Waals surface area contributed by atoms with Gasteiger partial charge in [0.15, 0.2) is 0 Å². The number of nitrogens with one attached hydrogen (secondary N) is 2. The van der Waals surface area contributed by atoms with Crippen LogP contribution in [0.5, 0.6) is 0 Å². The Kier molecular flexibility index (Phi) is 6.12. The van der Waals surface area contributed by atoms with Crippen LogP contribution in [0.4, 0.5) is 0 Å². The van der Waals surface area contributed by atoms with Crippen LogP contribution >= 0.6 is 11.8 Å². The number of thioether (sulfide) groups is 1. The number of morpholine rings is 1. The number of likely N-dealkylation sites (N-methyl/N-ethyl adjacent to an activating group) is 1. The molecular formula is C13H23N3O3S. The molecule has 1 atom stereocenters. The van der Waals surface area contributed by atoms with Gasteiger partial charge >= 0.3 is 0 Å². The summed E-state index contributed by atoms with van der Waals surface area (Å²) in [5.41, 5.74) is 0. The minimum Gasteiger partial charge on any atom is -0.377 e. The highest BCUT2D eigenvalue weighted by Gasteiger charge is 2.32. The van der Waals surface area contributed by atoms with Gasteiger partial charge in [0.05, 0.1) is 19.0 Å². The van der Waals surface area contributed by atoms with Crippen molar-refractivity contribution in [3.8, 4) is 0 Å². The van der Waals surface area contributed by atoms with Gasteiger partial charge in [-0.25, -0.2) is 0 Å². The number of hydrogen-bond donors (Lipinski definition) is 2. The fourth-order valence-electron chi connectivity index (χ4n) is 2.52. The van der Waals surface area contributed by atoms with Crippen LogP contribution in [0.15, 0.2) is 0 Å². The number of piperidine rings is 1. The molecule has 0 bridgehead atoms. The molecule has 0 saturated carbocycles. The molecule has 7 heteroatoms. The van der Waals surface area contributed by atoms with Crippen molar-refractivity contribution >= 4 is 23.6 Å². The van der Waals surface area contributed by atoms with Crippen molar-refractivity contribution in [1.82, 2.24) is 15.5 Å². The molecule has 2 N–H and O–H groups in total. The number of amides is 2. The average molecular weight is 301 g/mol. The monoisotopic (exact) mass is 301 g/mol. The van der Waals surface area contributed by atoms with Crippen LogP contribution in [0.1, 0.15) is 12.8 Å². The summed E-state index contributed by atoms with van der Waals surface area (Å²) in [6, 6.07) is -0.477. The lowest BCUT2D eigenvalue weighted by atomic mass is 10.2. The summed E-state index contributed by atoms with van der Waals surface area (Å²) in [6.45, 7) is 3.37. The Labute approximate surface area is 124 Å². The molecule has 2 heterocycles. The van der Waals surface area contributed by atoms with Crippen molar-refractivity contribution in [1.29, 1.82) is 0 Å². The minimum atomic E-state index is -0.477. The lowest BCUT2D eigenvalue weighted by Gasteiger charge is -2.34. The Bertz CT molecular complexity index is 348. The first-order valence-electron chi connectivity index (χ1n) is 7.13. The average Bonchev–Trinajstić information content (AvgIpc) is 2.52. The van der Waals surface area contributed by atoms with Crippen LogP contribution < -0.4 is 10.6 Å². The van der Waals surface area contributed by atoms with Gasteiger partial charge in [0.25, 0.3) is 0 Å². The molecule has 0 aromatic heterocycles. The molecule has 20 heavy (non-hydrogen) atoms. The van der Waals surface area contributed by atoms with Crippen LogP contribution in [-0.4, -0.2) is 73.7 Å². The standard InChI is InChI=1S/C13H23N3O3S/c1-14-13(18)11-8-19-7-6-16(11)12(17)9-20-10-2-4-15-5-3-10/h10-11,15H,2-9H2,1H3,(H,14,18). The number of carbonyl (C=O) groups is 2. The zero-order valence-electron chi connectivity index (χ0n) is 11.9. The van der Waals surface area contributed by atoms with E-state index in [-0.39, 0.29) is 11.8 Å². The van der Waals surface area contributed by atoms with Crippen LogP contribution in [0.3, 0.4) is 0 Å². The van der Waals surface area contributed by atoms with Crippen molar-refractivity contribution in [3.63, 3.8) is 0 Å². The van der Waals surface area contributed by atoms with Gasteiger partial charge in [-0.15, -0.1) is 11.8 Å². The molecule has 1 unspecified atom stereocenters. The molecule has 2 amide bonds.